The monoisotopic (exact) mass is 233 g/mol. The molecule has 0 aromatic heterocycles. The molecular formula is C13H15NO3. The molecule has 1 heterocycles. The Kier molecular flexibility index (Phi) is 3.13. The highest BCUT2D eigenvalue weighted by Crippen LogP contribution is 2.18. The lowest BCUT2D eigenvalue weighted by Gasteiger charge is -2.07. The zero-order valence-electron chi connectivity index (χ0n) is 9.88. The summed E-state index contributed by atoms with van der Waals surface area (Å²) in [4.78, 5) is 15.2. The summed E-state index contributed by atoms with van der Waals surface area (Å²) in [5.41, 5.74) is 1.68. The van der Waals surface area contributed by atoms with Gasteiger partial charge in [0.25, 0.3) is 0 Å². The van der Waals surface area contributed by atoms with Gasteiger partial charge < -0.3 is 9.84 Å². The van der Waals surface area contributed by atoms with Gasteiger partial charge in [0.1, 0.15) is 6.61 Å². The smallest absolute Gasteiger partial charge is 0.310 e. The molecule has 0 bridgehead atoms. The number of aliphatic carboxylic acids is 1. The third-order valence-corrected chi connectivity index (χ3v) is 2.83. The molecule has 1 aromatic carbocycles. The lowest BCUT2D eigenvalue weighted by molar-refractivity contribution is -0.138. The third kappa shape index (κ3) is 2.46. The van der Waals surface area contributed by atoms with Crippen molar-refractivity contribution < 1.29 is 14.6 Å². The van der Waals surface area contributed by atoms with Crippen molar-refractivity contribution in [2.75, 3.05) is 6.61 Å². The van der Waals surface area contributed by atoms with E-state index in [0.29, 0.717) is 12.5 Å². The van der Waals surface area contributed by atoms with Crippen LogP contribution in [-0.2, 0) is 9.53 Å². The van der Waals surface area contributed by atoms with Gasteiger partial charge in [0.15, 0.2) is 0 Å². The quantitative estimate of drug-likeness (QED) is 0.869. The van der Waals surface area contributed by atoms with Crippen LogP contribution in [0.3, 0.4) is 0 Å². The van der Waals surface area contributed by atoms with Crippen LogP contribution in [0.4, 0.5) is 0 Å². The Balaban J connectivity index is 2.19. The zero-order valence-corrected chi connectivity index (χ0v) is 9.88. The van der Waals surface area contributed by atoms with Crippen LogP contribution in [0.5, 0.6) is 0 Å². The first-order valence-electron chi connectivity index (χ1n) is 5.61. The first-order chi connectivity index (χ1) is 8.08. The van der Waals surface area contributed by atoms with Crippen molar-refractivity contribution in [1.29, 1.82) is 0 Å². The molecule has 0 aliphatic carbocycles. The Labute approximate surface area is 99.9 Å². The molecule has 2 unspecified atom stereocenters. The lowest BCUT2D eigenvalue weighted by atomic mass is 10.00. The number of carboxylic acids is 1. The summed E-state index contributed by atoms with van der Waals surface area (Å²) in [6.45, 7) is 4.28. The molecule has 2 rings (SSSR count). The molecule has 1 aliphatic rings. The van der Waals surface area contributed by atoms with E-state index in [1.54, 1.807) is 6.92 Å². The third-order valence-electron chi connectivity index (χ3n) is 2.83. The second-order valence-electron chi connectivity index (χ2n) is 4.28. The largest absolute Gasteiger partial charge is 0.481 e. The van der Waals surface area contributed by atoms with Crippen molar-refractivity contribution in [1.82, 2.24) is 0 Å². The fourth-order valence-corrected chi connectivity index (χ4v) is 1.69. The van der Waals surface area contributed by atoms with Crippen molar-refractivity contribution in [3.05, 3.63) is 35.4 Å². The van der Waals surface area contributed by atoms with Crippen LogP contribution < -0.4 is 0 Å². The summed E-state index contributed by atoms with van der Waals surface area (Å²) in [5.74, 6) is -0.665. The molecule has 0 radical (unpaired) electrons. The van der Waals surface area contributed by atoms with E-state index in [0.717, 1.165) is 11.1 Å². The Morgan fingerprint density at radius 2 is 2.12 bits per heavy atom. The first kappa shape index (κ1) is 11.6. The van der Waals surface area contributed by atoms with E-state index in [9.17, 15) is 4.79 Å². The molecule has 1 N–H and O–H groups in total. The Bertz CT molecular complexity index is 450. The molecule has 0 saturated heterocycles. The van der Waals surface area contributed by atoms with Crippen molar-refractivity contribution in [3.63, 3.8) is 0 Å². The van der Waals surface area contributed by atoms with Crippen LogP contribution in [0.2, 0.25) is 0 Å². The van der Waals surface area contributed by atoms with E-state index >= 15 is 0 Å². The molecule has 4 heteroatoms. The van der Waals surface area contributed by atoms with Gasteiger partial charge in [0, 0.05) is 5.56 Å². The van der Waals surface area contributed by atoms with Crippen molar-refractivity contribution in [2.45, 2.75) is 25.8 Å². The van der Waals surface area contributed by atoms with Crippen LogP contribution in [-0.4, -0.2) is 29.6 Å². The topological polar surface area (TPSA) is 58.9 Å². The normalized spacial score (nSPS) is 20.6. The van der Waals surface area contributed by atoms with Gasteiger partial charge in [0.05, 0.1) is 12.0 Å². The highest BCUT2D eigenvalue weighted by Gasteiger charge is 2.17. The van der Waals surface area contributed by atoms with Gasteiger partial charge in [-0.1, -0.05) is 12.1 Å². The average molecular weight is 233 g/mol. The van der Waals surface area contributed by atoms with E-state index in [-0.39, 0.29) is 6.04 Å². The van der Waals surface area contributed by atoms with E-state index in [1.807, 2.05) is 31.2 Å². The molecule has 2 atom stereocenters. The molecule has 1 aliphatic heterocycles. The molecule has 0 amide bonds. The molecule has 0 fully saturated rings. The van der Waals surface area contributed by atoms with E-state index in [1.165, 1.54) is 0 Å². The van der Waals surface area contributed by atoms with Gasteiger partial charge in [-0.25, -0.2) is 4.99 Å². The van der Waals surface area contributed by atoms with Crippen LogP contribution >= 0.6 is 0 Å². The van der Waals surface area contributed by atoms with Gasteiger partial charge >= 0.3 is 5.97 Å². The van der Waals surface area contributed by atoms with Crippen molar-refractivity contribution in [3.8, 4) is 0 Å². The maximum absolute atomic E-state index is 10.8. The lowest BCUT2D eigenvalue weighted by Crippen LogP contribution is -2.08. The van der Waals surface area contributed by atoms with Crippen LogP contribution in [0, 0.1) is 0 Å². The van der Waals surface area contributed by atoms with E-state index < -0.39 is 11.9 Å². The summed E-state index contributed by atoms with van der Waals surface area (Å²) in [5, 5.41) is 8.90. The number of carbonyl (C=O) groups is 1. The maximum Gasteiger partial charge on any atom is 0.310 e. The second-order valence-corrected chi connectivity index (χ2v) is 4.28. The van der Waals surface area contributed by atoms with Crippen molar-refractivity contribution >= 4 is 11.9 Å². The van der Waals surface area contributed by atoms with Gasteiger partial charge in [-0.2, -0.15) is 0 Å². The molecule has 1 aromatic rings. The fraction of sp³-hybridized carbons (Fsp3) is 0.385. The van der Waals surface area contributed by atoms with Gasteiger partial charge in [-0.15, -0.1) is 0 Å². The number of rotatable bonds is 3. The van der Waals surface area contributed by atoms with Gasteiger partial charge in [0.2, 0.25) is 5.90 Å². The van der Waals surface area contributed by atoms with Gasteiger partial charge in [-0.3, -0.25) is 4.79 Å². The number of benzene rings is 1. The van der Waals surface area contributed by atoms with Crippen LogP contribution in [0.15, 0.2) is 29.3 Å². The summed E-state index contributed by atoms with van der Waals surface area (Å²) < 4.78 is 5.43. The number of carboxylic acid groups (broad SMARTS) is 1. The minimum Gasteiger partial charge on any atom is -0.481 e. The zero-order chi connectivity index (χ0) is 12.4. The molecule has 90 valence electrons. The Morgan fingerprint density at radius 1 is 1.47 bits per heavy atom. The Morgan fingerprint density at radius 3 is 2.59 bits per heavy atom. The second kappa shape index (κ2) is 4.57. The summed E-state index contributed by atoms with van der Waals surface area (Å²) in [7, 11) is 0. The highest BCUT2D eigenvalue weighted by atomic mass is 16.5. The SMILES string of the molecule is CC1COC(c2ccc(C(C)C(=O)O)cc2)=N1. The Hall–Kier alpha value is -1.84. The molecular weight excluding hydrogens is 218 g/mol. The number of nitrogens with zero attached hydrogens (tertiary/aromatic N) is 1. The number of hydrogen-bond acceptors (Lipinski definition) is 3. The minimum absolute atomic E-state index is 0.197. The number of hydrogen-bond donors (Lipinski definition) is 1. The molecule has 0 spiro atoms. The fourth-order valence-electron chi connectivity index (χ4n) is 1.69. The van der Waals surface area contributed by atoms with E-state index in [2.05, 4.69) is 4.99 Å². The van der Waals surface area contributed by atoms with Crippen LogP contribution in [0.1, 0.15) is 30.9 Å². The minimum atomic E-state index is -0.819. The summed E-state index contributed by atoms with van der Waals surface area (Å²) in [6, 6.07) is 7.52. The summed E-state index contributed by atoms with van der Waals surface area (Å²) >= 11 is 0. The molecule has 17 heavy (non-hydrogen) atoms. The maximum atomic E-state index is 10.8. The van der Waals surface area contributed by atoms with Gasteiger partial charge in [-0.05, 0) is 31.5 Å². The van der Waals surface area contributed by atoms with Crippen LogP contribution in [0.25, 0.3) is 0 Å². The number of aliphatic imine (C=N–C) groups is 1. The van der Waals surface area contributed by atoms with Crippen molar-refractivity contribution in [2.24, 2.45) is 4.99 Å². The summed E-state index contributed by atoms with van der Waals surface area (Å²) in [6.07, 6.45) is 0. The highest BCUT2D eigenvalue weighted by molar-refractivity contribution is 5.95. The molecule has 0 saturated carbocycles. The standard InChI is InChI=1S/C13H15NO3/c1-8-7-17-12(14-8)11-5-3-10(4-6-11)9(2)13(15)16/h3-6,8-9H,7H2,1-2H3,(H,15,16). The predicted molar refractivity (Wildman–Crippen MR) is 64.4 cm³/mol. The first-order valence-corrected chi connectivity index (χ1v) is 5.61. The average Bonchev–Trinajstić information content (AvgIpc) is 2.75. The van der Waals surface area contributed by atoms with E-state index in [4.69, 9.17) is 9.84 Å². The molecule has 4 nitrogen and oxygen atoms in total. The number of ether oxygens (including phenoxy) is 1. The predicted octanol–water partition coefficient (Wildman–Crippen LogP) is 2.04.